The molecule has 1 aliphatic rings. The molecule has 2 heterocycles. The second-order valence-corrected chi connectivity index (χ2v) is 7.32. The highest BCUT2D eigenvalue weighted by Crippen LogP contribution is 2.31. The summed E-state index contributed by atoms with van der Waals surface area (Å²) in [6.07, 6.45) is 0.272. The number of nitrogens with zero attached hydrogens (tertiary/aromatic N) is 2. The number of carbonyl (C=O) groups is 2. The third kappa shape index (κ3) is 3.48. The lowest BCUT2D eigenvalue weighted by atomic mass is 10.1. The topological polar surface area (TPSA) is 40.6 Å². The zero-order valence-corrected chi connectivity index (χ0v) is 15.1. The van der Waals surface area contributed by atoms with Crippen molar-refractivity contribution in [1.29, 1.82) is 0 Å². The van der Waals surface area contributed by atoms with E-state index in [4.69, 9.17) is 0 Å². The number of para-hydroxylation sites is 1. The van der Waals surface area contributed by atoms with Crippen molar-refractivity contribution in [2.45, 2.75) is 13.0 Å². The van der Waals surface area contributed by atoms with Crippen LogP contribution in [0.25, 0.3) is 0 Å². The van der Waals surface area contributed by atoms with Crippen LogP contribution < -0.4 is 4.90 Å². The van der Waals surface area contributed by atoms with E-state index in [9.17, 15) is 9.59 Å². The van der Waals surface area contributed by atoms with Crippen LogP contribution in [-0.2, 0) is 16.1 Å². The lowest BCUT2D eigenvalue weighted by Gasteiger charge is -2.21. The molecule has 0 spiro atoms. The Morgan fingerprint density at radius 3 is 2.87 bits per heavy atom. The van der Waals surface area contributed by atoms with E-state index in [1.165, 1.54) is 0 Å². The van der Waals surface area contributed by atoms with Crippen molar-refractivity contribution in [3.05, 3.63) is 51.1 Å². The van der Waals surface area contributed by atoms with Gasteiger partial charge >= 0.3 is 0 Å². The fraction of sp³-hybridized carbons (Fsp3) is 0.294. The molecule has 3 rings (SSSR count). The fourth-order valence-electron chi connectivity index (χ4n) is 2.82. The molecule has 120 valence electrons. The molecule has 1 aromatic carbocycles. The SMILES string of the molecule is CN(Cc1ccsc1)C(=O)C1CC(=O)N(c2ccccc2Br)C1. The number of hydrogen-bond donors (Lipinski definition) is 0. The van der Waals surface area contributed by atoms with Crippen LogP contribution in [0.2, 0.25) is 0 Å². The maximum Gasteiger partial charge on any atom is 0.228 e. The summed E-state index contributed by atoms with van der Waals surface area (Å²) in [7, 11) is 1.80. The molecule has 0 bridgehead atoms. The summed E-state index contributed by atoms with van der Waals surface area (Å²) in [5.74, 6) is -0.253. The fourth-order valence-corrected chi connectivity index (χ4v) is 3.98. The molecule has 6 heteroatoms. The van der Waals surface area contributed by atoms with Gasteiger partial charge in [0.25, 0.3) is 0 Å². The van der Waals surface area contributed by atoms with E-state index in [1.54, 1.807) is 28.2 Å². The molecular formula is C17H17BrN2O2S. The number of anilines is 1. The van der Waals surface area contributed by atoms with E-state index in [-0.39, 0.29) is 24.2 Å². The van der Waals surface area contributed by atoms with Crippen molar-refractivity contribution in [2.24, 2.45) is 5.92 Å². The van der Waals surface area contributed by atoms with Crippen molar-refractivity contribution in [1.82, 2.24) is 4.90 Å². The first-order valence-corrected chi connectivity index (χ1v) is 9.11. The van der Waals surface area contributed by atoms with Gasteiger partial charge < -0.3 is 9.80 Å². The Morgan fingerprint density at radius 2 is 2.17 bits per heavy atom. The third-order valence-electron chi connectivity index (χ3n) is 3.99. The maximum absolute atomic E-state index is 12.6. The minimum absolute atomic E-state index is 0.000756. The van der Waals surface area contributed by atoms with E-state index in [0.29, 0.717) is 13.1 Å². The summed E-state index contributed by atoms with van der Waals surface area (Å²) in [5.41, 5.74) is 1.95. The monoisotopic (exact) mass is 392 g/mol. The van der Waals surface area contributed by atoms with E-state index in [0.717, 1.165) is 15.7 Å². The summed E-state index contributed by atoms with van der Waals surface area (Å²) < 4.78 is 0.869. The van der Waals surface area contributed by atoms with E-state index < -0.39 is 0 Å². The highest BCUT2D eigenvalue weighted by atomic mass is 79.9. The lowest BCUT2D eigenvalue weighted by Crippen LogP contribution is -2.34. The average molecular weight is 393 g/mol. The van der Waals surface area contributed by atoms with E-state index in [2.05, 4.69) is 15.9 Å². The standard InChI is InChI=1S/C17H17BrN2O2S/c1-19(9-12-6-7-23-11-12)17(22)13-8-16(21)20(10-13)15-5-3-2-4-14(15)18/h2-7,11,13H,8-10H2,1H3. The summed E-state index contributed by atoms with van der Waals surface area (Å²) in [6, 6.07) is 9.61. The Morgan fingerprint density at radius 1 is 1.39 bits per heavy atom. The van der Waals surface area contributed by atoms with Gasteiger partial charge in [0.05, 0.1) is 11.6 Å². The maximum atomic E-state index is 12.6. The molecule has 1 aliphatic heterocycles. The highest BCUT2D eigenvalue weighted by Gasteiger charge is 2.37. The smallest absolute Gasteiger partial charge is 0.228 e. The normalized spacial score (nSPS) is 17.6. The Labute approximate surface area is 147 Å². The van der Waals surface area contributed by atoms with Gasteiger partial charge in [0.15, 0.2) is 0 Å². The quantitative estimate of drug-likeness (QED) is 0.798. The first-order valence-electron chi connectivity index (χ1n) is 7.37. The molecule has 1 atom stereocenters. The predicted molar refractivity (Wildman–Crippen MR) is 95.4 cm³/mol. The third-order valence-corrected chi connectivity index (χ3v) is 5.40. The van der Waals surface area contributed by atoms with Gasteiger partial charge in [0, 0.05) is 31.0 Å². The van der Waals surface area contributed by atoms with Crippen molar-refractivity contribution in [2.75, 3.05) is 18.5 Å². The first kappa shape index (κ1) is 16.2. The number of benzene rings is 1. The Kier molecular flexibility index (Phi) is 4.82. The van der Waals surface area contributed by atoms with Crippen LogP contribution >= 0.6 is 27.3 Å². The summed E-state index contributed by atoms with van der Waals surface area (Å²) >= 11 is 5.09. The molecule has 0 saturated carbocycles. The largest absolute Gasteiger partial charge is 0.341 e. The molecule has 0 N–H and O–H groups in total. The first-order chi connectivity index (χ1) is 11.1. The van der Waals surface area contributed by atoms with E-state index in [1.807, 2.05) is 41.1 Å². The van der Waals surface area contributed by atoms with Crippen LogP contribution in [0, 0.1) is 5.92 Å². The zero-order valence-electron chi connectivity index (χ0n) is 12.7. The van der Waals surface area contributed by atoms with Crippen LogP contribution in [0.5, 0.6) is 0 Å². The summed E-state index contributed by atoms with van der Waals surface area (Å²) in [5, 5.41) is 4.04. The molecule has 2 amide bonds. The van der Waals surface area contributed by atoms with Gasteiger partial charge in [0.1, 0.15) is 0 Å². The van der Waals surface area contributed by atoms with Crippen LogP contribution in [0.4, 0.5) is 5.69 Å². The van der Waals surface area contributed by atoms with Gasteiger partial charge in [-0.1, -0.05) is 12.1 Å². The predicted octanol–water partition coefficient (Wildman–Crippen LogP) is 3.52. The van der Waals surface area contributed by atoms with Gasteiger partial charge in [-0.2, -0.15) is 11.3 Å². The van der Waals surface area contributed by atoms with Gasteiger partial charge in [-0.3, -0.25) is 9.59 Å². The number of hydrogen-bond acceptors (Lipinski definition) is 3. The second kappa shape index (κ2) is 6.84. The van der Waals surface area contributed by atoms with Gasteiger partial charge in [-0.15, -0.1) is 0 Å². The average Bonchev–Trinajstić information content (AvgIpc) is 3.17. The van der Waals surface area contributed by atoms with Crippen molar-refractivity contribution in [3.8, 4) is 0 Å². The van der Waals surface area contributed by atoms with Crippen LogP contribution in [0.1, 0.15) is 12.0 Å². The molecule has 23 heavy (non-hydrogen) atoms. The molecule has 4 nitrogen and oxygen atoms in total. The van der Waals surface area contributed by atoms with Crippen LogP contribution in [0.3, 0.4) is 0 Å². The Hall–Kier alpha value is -1.66. The Bertz CT molecular complexity index is 717. The number of amides is 2. The summed E-state index contributed by atoms with van der Waals surface area (Å²) in [6.45, 7) is 1.02. The molecule has 2 aromatic rings. The number of carbonyl (C=O) groups excluding carboxylic acids is 2. The second-order valence-electron chi connectivity index (χ2n) is 5.68. The van der Waals surface area contributed by atoms with E-state index >= 15 is 0 Å². The van der Waals surface area contributed by atoms with Gasteiger partial charge in [-0.05, 0) is 50.5 Å². The zero-order chi connectivity index (χ0) is 16.4. The molecule has 0 aliphatic carbocycles. The van der Waals surface area contributed by atoms with Crippen molar-refractivity contribution < 1.29 is 9.59 Å². The van der Waals surface area contributed by atoms with Crippen molar-refractivity contribution in [3.63, 3.8) is 0 Å². The van der Waals surface area contributed by atoms with Crippen LogP contribution in [-0.4, -0.2) is 30.3 Å². The van der Waals surface area contributed by atoms with Crippen molar-refractivity contribution >= 4 is 44.8 Å². The lowest BCUT2D eigenvalue weighted by molar-refractivity contribution is -0.135. The van der Waals surface area contributed by atoms with Crippen LogP contribution in [0.15, 0.2) is 45.6 Å². The number of halogens is 1. The molecule has 1 fully saturated rings. The van der Waals surface area contributed by atoms with Gasteiger partial charge in [0.2, 0.25) is 11.8 Å². The highest BCUT2D eigenvalue weighted by molar-refractivity contribution is 9.10. The minimum Gasteiger partial charge on any atom is -0.341 e. The molecule has 1 aromatic heterocycles. The molecule has 0 radical (unpaired) electrons. The Balaban J connectivity index is 1.69. The number of thiophene rings is 1. The molecular weight excluding hydrogens is 376 g/mol. The minimum atomic E-state index is -0.279. The van der Waals surface area contributed by atoms with Gasteiger partial charge in [-0.25, -0.2) is 0 Å². The molecule has 1 unspecified atom stereocenters. The molecule has 1 saturated heterocycles. The number of rotatable bonds is 4. The summed E-state index contributed by atoms with van der Waals surface area (Å²) in [4.78, 5) is 28.3.